The number of aromatic hydroxyl groups is 1. The van der Waals surface area contributed by atoms with E-state index in [1.165, 1.54) is 4.52 Å². The van der Waals surface area contributed by atoms with Gasteiger partial charge in [0.25, 0.3) is 0 Å². The molecule has 0 aromatic carbocycles. The molecular formula is C11H8N4O3. The van der Waals surface area contributed by atoms with Crippen LogP contribution in [0.5, 0.6) is 5.75 Å². The van der Waals surface area contributed by atoms with Crippen molar-refractivity contribution in [3.05, 3.63) is 29.7 Å². The molecule has 0 aliphatic heterocycles. The molecule has 7 nitrogen and oxygen atoms in total. The molecule has 0 aliphatic rings. The third kappa shape index (κ3) is 1.24. The number of aromatic carboxylic acids is 1. The molecule has 3 aromatic rings. The van der Waals surface area contributed by atoms with E-state index < -0.39 is 5.97 Å². The van der Waals surface area contributed by atoms with E-state index in [9.17, 15) is 9.90 Å². The summed E-state index contributed by atoms with van der Waals surface area (Å²) in [4.78, 5) is 19.2. The van der Waals surface area contributed by atoms with Crippen LogP contribution in [-0.2, 0) is 0 Å². The summed E-state index contributed by atoms with van der Waals surface area (Å²) in [6, 6.07) is 1.70. The highest BCUT2D eigenvalue weighted by molar-refractivity contribution is 5.98. The maximum atomic E-state index is 10.9. The summed E-state index contributed by atoms with van der Waals surface area (Å²) in [5.41, 5.74) is 1.23. The Hall–Kier alpha value is -2.70. The van der Waals surface area contributed by atoms with Gasteiger partial charge in [0.15, 0.2) is 11.3 Å². The molecule has 0 fully saturated rings. The van der Waals surface area contributed by atoms with E-state index in [-0.39, 0.29) is 11.3 Å². The summed E-state index contributed by atoms with van der Waals surface area (Å²) in [6.45, 7) is 1.68. The molecule has 0 unspecified atom stereocenters. The molecular weight excluding hydrogens is 236 g/mol. The molecule has 7 heteroatoms. The van der Waals surface area contributed by atoms with Gasteiger partial charge < -0.3 is 10.2 Å². The van der Waals surface area contributed by atoms with Gasteiger partial charge in [-0.05, 0) is 6.92 Å². The third-order valence-corrected chi connectivity index (χ3v) is 2.73. The van der Waals surface area contributed by atoms with Crippen molar-refractivity contribution in [1.29, 1.82) is 0 Å². The molecule has 90 valence electrons. The smallest absolute Gasteiger partial charge is 0.341 e. The Morgan fingerprint density at radius 2 is 2.22 bits per heavy atom. The lowest BCUT2D eigenvalue weighted by atomic mass is 10.1. The molecule has 3 aromatic heterocycles. The first-order valence-corrected chi connectivity index (χ1v) is 5.15. The molecule has 3 rings (SSSR count). The van der Waals surface area contributed by atoms with E-state index in [0.29, 0.717) is 22.4 Å². The largest absolute Gasteiger partial charge is 0.506 e. The first-order valence-electron chi connectivity index (χ1n) is 5.15. The van der Waals surface area contributed by atoms with E-state index >= 15 is 0 Å². The Labute approximate surface area is 100 Å². The van der Waals surface area contributed by atoms with Crippen molar-refractivity contribution in [2.45, 2.75) is 6.92 Å². The number of carboxylic acid groups (broad SMARTS) is 1. The quantitative estimate of drug-likeness (QED) is 0.662. The van der Waals surface area contributed by atoms with Gasteiger partial charge in [-0.15, -0.1) is 0 Å². The minimum Gasteiger partial charge on any atom is -0.506 e. The van der Waals surface area contributed by atoms with Crippen molar-refractivity contribution in [3.63, 3.8) is 0 Å². The van der Waals surface area contributed by atoms with E-state index in [1.54, 1.807) is 19.2 Å². The summed E-state index contributed by atoms with van der Waals surface area (Å²) >= 11 is 0. The fourth-order valence-corrected chi connectivity index (χ4v) is 1.91. The predicted molar refractivity (Wildman–Crippen MR) is 61.6 cm³/mol. The van der Waals surface area contributed by atoms with Crippen LogP contribution in [0.1, 0.15) is 16.1 Å². The lowest BCUT2D eigenvalue weighted by Gasteiger charge is -2.07. The van der Waals surface area contributed by atoms with Crippen molar-refractivity contribution < 1.29 is 15.0 Å². The zero-order valence-corrected chi connectivity index (χ0v) is 9.32. The van der Waals surface area contributed by atoms with Crippen LogP contribution < -0.4 is 0 Å². The number of rotatable bonds is 1. The fraction of sp³-hybridized carbons (Fsp3) is 0.0909. The summed E-state index contributed by atoms with van der Waals surface area (Å²) in [7, 11) is 0. The average molecular weight is 244 g/mol. The van der Waals surface area contributed by atoms with Gasteiger partial charge in [-0.2, -0.15) is 9.61 Å². The average Bonchev–Trinajstić information content (AvgIpc) is 2.76. The van der Waals surface area contributed by atoms with Crippen LogP contribution in [0.25, 0.3) is 16.7 Å². The second-order valence-electron chi connectivity index (χ2n) is 3.82. The predicted octanol–water partition coefficient (Wildman–Crippen LogP) is 0.990. The molecule has 0 amide bonds. The standard InChI is InChI=1S/C11H8N4O3/c1-5-8-9(16)6(11(17)18)4-12-10(8)15-7(14-5)2-3-13-15/h2-4H,1H3,(H,12,16)(H,17,18). The summed E-state index contributed by atoms with van der Waals surface area (Å²) in [5, 5.41) is 23.3. The lowest BCUT2D eigenvalue weighted by Crippen LogP contribution is -2.03. The molecule has 0 saturated carbocycles. The van der Waals surface area contributed by atoms with Gasteiger partial charge in [0, 0.05) is 12.3 Å². The Morgan fingerprint density at radius 3 is 2.94 bits per heavy atom. The molecule has 0 spiro atoms. The van der Waals surface area contributed by atoms with E-state index in [2.05, 4.69) is 15.1 Å². The Kier molecular flexibility index (Phi) is 1.97. The van der Waals surface area contributed by atoms with Crippen molar-refractivity contribution in [3.8, 4) is 5.75 Å². The second kappa shape index (κ2) is 3.39. The van der Waals surface area contributed by atoms with Crippen LogP contribution in [0, 0.1) is 6.92 Å². The number of carbonyl (C=O) groups is 1. The molecule has 0 radical (unpaired) electrons. The van der Waals surface area contributed by atoms with Gasteiger partial charge in [-0.3, -0.25) is 0 Å². The van der Waals surface area contributed by atoms with E-state index in [1.807, 2.05) is 0 Å². The molecule has 0 saturated heterocycles. The van der Waals surface area contributed by atoms with Crippen LogP contribution in [0.15, 0.2) is 18.5 Å². The van der Waals surface area contributed by atoms with Crippen molar-refractivity contribution in [1.82, 2.24) is 19.6 Å². The number of hydrogen-bond donors (Lipinski definition) is 2. The van der Waals surface area contributed by atoms with Gasteiger partial charge in [0.1, 0.15) is 11.3 Å². The van der Waals surface area contributed by atoms with Crippen LogP contribution >= 0.6 is 0 Å². The number of hydrogen-bond acceptors (Lipinski definition) is 5. The molecule has 0 atom stereocenters. The highest BCUT2D eigenvalue weighted by Gasteiger charge is 2.18. The van der Waals surface area contributed by atoms with Gasteiger partial charge in [0.2, 0.25) is 0 Å². The first-order chi connectivity index (χ1) is 8.59. The van der Waals surface area contributed by atoms with Crippen LogP contribution in [0.2, 0.25) is 0 Å². The Bertz CT molecular complexity index is 794. The maximum Gasteiger partial charge on any atom is 0.341 e. The topological polar surface area (TPSA) is 101 Å². The number of pyridine rings is 1. The van der Waals surface area contributed by atoms with Crippen molar-refractivity contribution >= 4 is 22.6 Å². The minimum absolute atomic E-state index is 0.251. The van der Waals surface area contributed by atoms with Gasteiger partial charge in [-0.25, -0.2) is 14.8 Å². The van der Waals surface area contributed by atoms with Crippen LogP contribution in [-0.4, -0.2) is 35.8 Å². The van der Waals surface area contributed by atoms with Gasteiger partial charge in [0.05, 0.1) is 17.3 Å². The number of aryl methyl sites for hydroxylation is 1. The fourth-order valence-electron chi connectivity index (χ4n) is 1.91. The monoisotopic (exact) mass is 244 g/mol. The van der Waals surface area contributed by atoms with Gasteiger partial charge >= 0.3 is 5.97 Å². The maximum absolute atomic E-state index is 10.9. The SMILES string of the molecule is Cc1nc2ccnn2c2ncc(C(=O)O)c(O)c12. The molecule has 2 N–H and O–H groups in total. The number of carboxylic acids is 1. The second-order valence-corrected chi connectivity index (χ2v) is 3.82. The summed E-state index contributed by atoms with van der Waals surface area (Å²) in [5.74, 6) is -1.57. The highest BCUT2D eigenvalue weighted by atomic mass is 16.4. The molecule has 0 bridgehead atoms. The summed E-state index contributed by atoms with van der Waals surface area (Å²) < 4.78 is 1.45. The van der Waals surface area contributed by atoms with Crippen molar-refractivity contribution in [2.24, 2.45) is 0 Å². The van der Waals surface area contributed by atoms with E-state index in [0.717, 1.165) is 6.20 Å². The minimum atomic E-state index is -1.23. The zero-order valence-electron chi connectivity index (χ0n) is 9.32. The third-order valence-electron chi connectivity index (χ3n) is 2.73. The van der Waals surface area contributed by atoms with Crippen molar-refractivity contribution in [2.75, 3.05) is 0 Å². The van der Waals surface area contributed by atoms with Crippen LogP contribution in [0.4, 0.5) is 0 Å². The normalized spacial score (nSPS) is 11.2. The Morgan fingerprint density at radius 1 is 1.44 bits per heavy atom. The number of nitrogens with zero attached hydrogens (tertiary/aromatic N) is 4. The van der Waals surface area contributed by atoms with E-state index in [4.69, 9.17) is 5.11 Å². The molecule has 0 aliphatic carbocycles. The number of aromatic nitrogens is 4. The van der Waals surface area contributed by atoms with Gasteiger partial charge in [-0.1, -0.05) is 0 Å². The first kappa shape index (κ1) is 10.5. The van der Waals surface area contributed by atoms with Crippen LogP contribution in [0.3, 0.4) is 0 Å². The lowest BCUT2D eigenvalue weighted by molar-refractivity contribution is 0.0693. The Balaban J connectivity index is 2.55. The summed E-state index contributed by atoms with van der Waals surface area (Å²) in [6.07, 6.45) is 2.67. The molecule has 3 heterocycles. The molecule has 18 heavy (non-hydrogen) atoms. The number of fused-ring (bicyclic) bond motifs is 3. The highest BCUT2D eigenvalue weighted by Crippen LogP contribution is 2.29. The zero-order chi connectivity index (χ0) is 12.9.